The number of piperidine rings is 1. The highest BCUT2D eigenvalue weighted by Gasteiger charge is 2.64. The van der Waals surface area contributed by atoms with Crippen molar-refractivity contribution in [1.82, 2.24) is 35.3 Å². The molecule has 2 aromatic heterocycles. The first kappa shape index (κ1) is 40.2. The quantitative estimate of drug-likeness (QED) is 0.164. The molecule has 8 rings (SSSR count). The van der Waals surface area contributed by atoms with Crippen molar-refractivity contribution in [3.8, 4) is 5.75 Å². The fourth-order valence-corrected chi connectivity index (χ4v) is 9.95. The molecule has 59 heavy (non-hydrogen) atoms. The van der Waals surface area contributed by atoms with Crippen LogP contribution in [0.5, 0.6) is 5.75 Å². The zero-order valence-corrected chi connectivity index (χ0v) is 34.5. The predicted octanol–water partition coefficient (Wildman–Crippen LogP) is 5.02. The van der Waals surface area contributed by atoms with Crippen LogP contribution in [-0.2, 0) is 9.59 Å². The summed E-state index contributed by atoms with van der Waals surface area (Å²) >= 11 is 6.25. The van der Waals surface area contributed by atoms with E-state index in [4.69, 9.17) is 22.9 Å². The van der Waals surface area contributed by atoms with E-state index < -0.39 is 11.9 Å². The molecule has 0 spiro atoms. The van der Waals surface area contributed by atoms with Crippen molar-refractivity contribution < 1.29 is 19.1 Å². The van der Waals surface area contributed by atoms with E-state index in [-0.39, 0.29) is 53.2 Å². The van der Waals surface area contributed by atoms with E-state index in [0.717, 1.165) is 69.7 Å². The van der Waals surface area contributed by atoms with Crippen molar-refractivity contribution in [1.29, 1.82) is 0 Å². The average molecular weight is 821 g/mol. The molecule has 3 aliphatic heterocycles. The Labute approximate surface area is 347 Å². The average Bonchev–Trinajstić information content (AvgIpc) is 3.71. The highest BCUT2D eigenvalue weighted by atomic mass is 35.5. The summed E-state index contributed by atoms with van der Waals surface area (Å²) < 4.78 is 7.56. The third kappa shape index (κ3) is 7.83. The number of hydrogen-bond donors (Lipinski definition) is 2. The van der Waals surface area contributed by atoms with E-state index in [9.17, 15) is 19.2 Å². The molecule has 2 aromatic carbocycles. The zero-order valence-electron chi connectivity index (χ0n) is 33.8. The molecular weight excluding hydrogens is 772 g/mol. The second-order valence-electron chi connectivity index (χ2n) is 17.4. The van der Waals surface area contributed by atoms with Gasteiger partial charge in [-0.3, -0.25) is 29.4 Å². The van der Waals surface area contributed by atoms with Crippen LogP contribution >= 0.6 is 11.6 Å². The third-order valence-corrected chi connectivity index (χ3v) is 13.1. The lowest BCUT2D eigenvalue weighted by Crippen LogP contribution is -2.74. The lowest BCUT2D eigenvalue weighted by atomic mass is 9.49. The van der Waals surface area contributed by atoms with Gasteiger partial charge in [0.1, 0.15) is 17.9 Å². The minimum Gasteiger partial charge on any atom is -0.489 e. The van der Waals surface area contributed by atoms with E-state index in [0.29, 0.717) is 39.3 Å². The first-order valence-electron chi connectivity index (χ1n) is 20.3. The molecule has 1 aliphatic carbocycles. The van der Waals surface area contributed by atoms with Gasteiger partial charge in [0.15, 0.2) is 0 Å². The summed E-state index contributed by atoms with van der Waals surface area (Å²) in [5.74, 6) is 0.708. The van der Waals surface area contributed by atoms with Gasteiger partial charge >= 0.3 is 0 Å². The van der Waals surface area contributed by atoms with Crippen molar-refractivity contribution in [2.45, 2.75) is 71.6 Å². The Morgan fingerprint density at radius 1 is 0.966 bits per heavy atom. The second kappa shape index (κ2) is 15.9. The van der Waals surface area contributed by atoms with Gasteiger partial charge in [-0.05, 0) is 62.1 Å². The van der Waals surface area contributed by atoms with Gasteiger partial charge in [0.05, 0.1) is 28.7 Å². The van der Waals surface area contributed by atoms with E-state index in [1.807, 2.05) is 18.2 Å². The molecule has 2 atom stereocenters. The standard InChI is InChI=1S/C43H49ClN10O5/c1-42(2)39(43(3,4)40(42)59-30-7-9-33(45-5)32(44)21-30)50-36(56)28-22-46-41(47-23-28)53-15-13-26(25-53)12-14-51-16-18-52(19-17-51)29-6-8-31-27(20-29)24-48-54(38(31)58)34-10-11-35(55)49-37(34)57/h6-9,20-24,26,34,39-40H,10-19,25H2,1-4H3,(H,50,56)(H,49,55,57). The molecule has 16 heteroatoms. The Morgan fingerprint density at radius 3 is 2.41 bits per heavy atom. The number of piperazine rings is 1. The largest absolute Gasteiger partial charge is 0.489 e. The summed E-state index contributed by atoms with van der Waals surface area (Å²) in [6.45, 7) is 21.9. The Balaban J connectivity index is 0.790. The molecule has 4 aliphatic rings. The predicted molar refractivity (Wildman–Crippen MR) is 224 cm³/mol. The minimum atomic E-state index is -0.787. The maximum absolute atomic E-state index is 13.4. The molecule has 2 N–H and O–H groups in total. The van der Waals surface area contributed by atoms with Crippen molar-refractivity contribution >= 4 is 57.4 Å². The summed E-state index contributed by atoms with van der Waals surface area (Å²) in [5, 5.41) is 11.4. The van der Waals surface area contributed by atoms with Gasteiger partial charge in [-0.15, -0.1) is 0 Å². The smallest absolute Gasteiger partial charge is 0.275 e. The molecule has 15 nitrogen and oxygen atoms in total. The molecule has 1 saturated carbocycles. The molecule has 0 bridgehead atoms. The number of fused-ring (bicyclic) bond motifs is 1. The first-order chi connectivity index (χ1) is 28.2. The number of nitrogens with one attached hydrogen (secondary N) is 2. The van der Waals surface area contributed by atoms with Crippen molar-refractivity contribution in [3.63, 3.8) is 0 Å². The molecule has 4 fully saturated rings. The van der Waals surface area contributed by atoms with Crippen LogP contribution in [-0.4, -0.2) is 100 Å². The van der Waals surface area contributed by atoms with Crippen molar-refractivity contribution in [2.75, 3.05) is 55.6 Å². The topological polar surface area (TPSA) is 159 Å². The Bertz CT molecular complexity index is 2370. The monoisotopic (exact) mass is 820 g/mol. The van der Waals surface area contributed by atoms with Crippen LogP contribution in [0.25, 0.3) is 15.6 Å². The van der Waals surface area contributed by atoms with Crippen LogP contribution in [0.15, 0.2) is 59.8 Å². The second-order valence-corrected chi connectivity index (χ2v) is 17.8. The van der Waals surface area contributed by atoms with Gasteiger partial charge in [0, 0.05) is 86.0 Å². The Kier molecular flexibility index (Phi) is 10.8. The molecule has 5 heterocycles. The highest BCUT2D eigenvalue weighted by Crippen LogP contribution is 2.55. The number of nitrogens with zero attached hydrogens (tertiary/aromatic N) is 8. The van der Waals surface area contributed by atoms with Gasteiger partial charge in [-0.25, -0.2) is 19.5 Å². The molecular formula is C43H49ClN10O5. The van der Waals surface area contributed by atoms with Gasteiger partial charge < -0.3 is 19.9 Å². The van der Waals surface area contributed by atoms with Crippen LogP contribution < -0.4 is 30.7 Å². The number of ether oxygens (including phenoxy) is 1. The molecule has 3 amide bonds. The summed E-state index contributed by atoms with van der Waals surface area (Å²) in [5.41, 5.74) is 0.734. The van der Waals surface area contributed by atoms with Crippen LogP contribution in [0.1, 0.15) is 69.8 Å². The van der Waals surface area contributed by atoms with Crippen LogP contribution in [0, 0.1) is 23.3 Å². The molecule has 0 radical (unpaired) electrons. The number of rotatable bonds is 10. The number of aromatic nitrogens is 4. The van der Waals surface area contributed by atoms with Crippen LogP contribution in [0.4, 0.5) is 17.3 Å². The van der Waals surface area contributed by atoms with Crippen LogP contribution in [0.3, 0.4) is 0 Å². The number of benzene rings is 2. The van der Waals surface area contributed by atoms with Gasteiger partial charge in [-0.1, -0.05) is 45.4 Å². The fraction of sp³-hybridized carbons (Fsp3) is 0.488. The van der Waals surface area contributed by atoms with Crippen molar-refractivity contribution in [2.24, 2.45) is 16.7 Å². The first-order valence-corrected chi connectivity index (χ1v) is 20.6. The number of imide groups is 1. The Hall–Kier alpha value is -5.59. The Morgan fingerprint density at radius 2 is 1.71 bits per heavy atom. The maximum atomic E-state index is 13.4. The molecule has 2 unspecified atom stereocenters. The molecule has 308 valence electrons. The number of hydrogen-bond acceptors (Lipinski definition) is 11. The lowest BCUT2D eigenvalue weighted by Gasteiger charge is -2.63. The number of amides is 3. The summed E-state index contributed by atoms with van der Waals surface area (Å²) in [6, 6.07) is 9.88. The molecule has 4 aromatic rings. The summed E-state index contributed by atoms with van der Waals surface area (Å²) in [6.07, 6.45) is 7.23. The summed E-state index contributed by atoms with van der Waals surface area (Å²) in [4.78, 5) is 70.3. The van der Waals surface area contributed by atoms with E-state index in [1.54, 1.807) is 36.8 Å². The van der Waals surface area contributed by atoms with Crippen LogP contribution in [0.2, 0.25) is 5.02 Å². The normalized spacial score (nSPS) is 24.0. The van der Waals surface area contributed by atoms with Gasteiger partial charge in [0.25, 0.3) is 17.4 Å². The van der Waals surface area contributed by atoms with Crippen molar-refractivity contribution in [3.05, 3.63) is 87.3 Å². The van der Waals surface area contributed by atoms with E-state index in [1.165, 1.54) is 4.68 Å². The number of carbonyl (C=O) groups is 3. The number of halogens is 1. The SMILES string of the molecule is [C-]#[N+]c1ccc(OC2C(C)(C)C(NC(=O)c3cnc(N4CCC(CCN5CCN(c6ccc7c(=O)n(C8CCC(=O)NC8=O)ncc7c6)CC5)C4)nc3)C2(C)C)cc1Cl. The maximum Gasteiger partial charge on any atom is 0.275 e. The third-order valence-electron chi connectivity index (χ3n) is 12.8. The van der Waals surface area contributed by atoms with Gasteiger partial charge in [-0.2, -0.15) is 5.10 Å². The number of anilines is 2. The fourth-order valence-electron chi connectivity index (χ4n) is 9.73. The van der Waals surface area contributed by atoms with E-state index in [2.05, 4.69) is 72.9 Å². The van der Waals surface area contributed by atoms with Gasteiger partial charge in [0.2, 0.25) is 17.5 Å². The highest BCUT2D eigenvalue weighted by molar-refractivity contribution is 6.33. The summed E-state index contributed by atoms with van der Waals surface area (Å²) in [7, 11) is 0. The van der Waals surface area contributed by atoms with E-state index >= 15 is 0 Å². The zero-order chi connectivity index (χ0) is 41.6. The molecule has 3 saturated heterocycles. The lowest BCUT2D eigenvalue weighted by molar-refractivity contribution is -0.164. The number of carbonyl (C=O) groups excluding carboxylic acids is 3. The minimum absolute atomic E-state index is 0.167.